The van der Waals surface area contributed by atoms with Gasteiger partial charge in [0.2, 0.25) is 11.0 Å². The number of hydrogen-bond donors (Lipinski definition) is 1. The van der Waals surface area contributed by atoms with Gasteiger partial charge in [-0.3, -0.25) is 4.79 Å². The Morgan fingerprint density at radius 3 is 3.00 bits per heavy atom. The fourth-order valence-corrected chi connectivity index (χ4v) is 3.02. The Balaban J connectivity index is 1.51. The van der Waals surface area contributed by atoms with Crippen molar-refractivity contribution >= 4 is 22.4 Å². The number of anilines is 1. The van der Waals surface area contributed by atoms with Gasteiger partial charge < -0.3 is 5.32 Å². The van der Waals surface area contributed by atoms with E-state index in [1.165, 1.54) is 35.3 Å². The standard InChI is InChI=1S/C15H17N3OS/c1-10-3-2-4-11(9-10)5-8-13(19)16-15-18-17-14(20-15)12-6-7-12/h2-4,9,12H,5-8H2,1H3,(H,16,18,19). The Hall–Kier alpha value is -1.75. The molecule has 1 N–H and O–H groups in total. The minimum atomic E-state index is 0.00463. The molecular weight excluding hydrogens is 270 g/mol. The van der Waals surface area contributed by atoms with Gasteiger partial charge in [-0.05, 0) is 31.7 Å². The number of amides is 1. The zero-order valence-electron chi connectivity index (χ0n) is 11.4. The summed E-state index contributed by atoms with van der Waals surface area (Å²) in [4.78, 5) is 11.9. The number of rotatable bonds is 5. The van der Waals surface area contributed by atoms with E-state index in [4.69, 9.17) is 0 Å². The van der Waals surface area contributed by atoms with Gasteiger partial charge in [-0.1, -0.05) is 41.2 Å². The van der Waals surface area contributed by atoms with Gasteiger partial charge in [0, 0.05) is 12.3 Å². The number of nitrogens with zero attached hydrogens (tertiary/aromatic N) is 2. The molecule has 1 saturated carbocycles. The summed E-state index contributed by atoms with van der Waals surface area (Å²) in [5, 5.41) is 12.7. The molecule has 1 aromatic carbocycles. The summed E-state index contributed by atoms with van der Waals surface area (Å²) in [7, 11) is 0. The Morgan fingerprint density at radius 2 is 2.25 bits per heavy atom. The van der Waals surface area contributed by atoms with Crippen molar-refractivity contribution in [2.45, 2.75) is 38.5 Å². The average Bonchev–Trinajstić information content (AvgIpc) is 3.18. The van der Waals surface area contributed by atoms with Crippen LogP contribution in [0.25, 0.3) is 0 Å². The molecule has 0 spiro atoms. The van der Waals surface area contributed by atoms with Gasteiger partial charge in [0.15, 0.2) is 0 Å². The van der Waals surface area contributed by atoms with Gasteiger partial charge >= 0.3 is 0 Å². The van der Waals surface area contributed by atoms with Crippen LogP contribution in [-0.4, -0.2) is 16.1 Å². The molecule has 0 radical (unpaired) electrons. The average molecular weight is 287 g/mol. The highest BCUT2D eigenvalue weighted by Gasteiger charge is 2.27. The van der Waals surface area contributed by atoms with Crippen LogP contribution < -0.4 is 5.32 Å². The van der Waals surface area contributed by atoms with Crippen LogP contribution in [-0.2, 0) is 11.2 Å². The third-order valence-corrected chi connectivity index (χ3v) is 4.34. The summed E-state index contributed by atoms with van der Waals surface area (Å²) in [6, 6.07) is 8.25. The highest BCUT2D eigenvalue weighted by Crippen LogP contribution is 2.42. The fraction of sp³-hybridized carbons (Fsp3) is 0.400. The molecule has 104 valence electrons. The van der Waals surface area contributed by atoms with Gasteiger partial charge in [-0.15, -0.1) is 10.2 Å². The van der Waals surface area contributed by atoms with Crippen molar-refractivity contribution in [1.82, 2.24) is 10.2 Å². The lowest BCUT2D eigenvalue weighted by molar-refractivity contribution is -0.116. The van der Waals surface area contributed by atoms with Crippen LogP contribution in [0.3, 0.4) is 0 Å². The molecule has 1 heterocycles. The quantitative estimate of drug-likeness (QED) is 0.918. The zero-order chi connectivity index (χ0) is 13.9. The molecule has 3 rings (SSSR count). The number of aromatic nitrogens is 2. The fourth-order valence-electron chi connectivity index (χ4n) is 2.09. The Morgan fingerprint density at radius 1 is 1.40 bits per heavy atom. The molecule has 0 unspecified atom stereocenters. The third-order valence-electron chi connectivity index (χ3n) is 3.34. The lowest BCUT2D eigenvalue weighted by Crippen LogP contribution is -2.12. The number of benzene rings is 1. The second-order valence-corrected chi connectivity index (χ2v) is 6.27. The SMILES string of the molecule is Cc1cccc(CCC(=O)Nc2nnc(C3CC3)s2)c1. The second-order valence-electron chi connectivity index (χ2n) is 5.26. The second kappa shape index (κ2) is 5.71. The smallest absolute Gasteiger partial charge is 0.226 e. The molecule has 1 aliphatic rings. The predicted octanol–water partition coefficient (Wildman–Crippen LogP) is 3.30. The Kier molecular flexibility index (Phi) is 3.78. The first-order valence-corrected chi connectivity index (χ1v) is 7.71. The number of carbonyl (C=O) groups excluding carboxylic acids is 1. The first-order chi connectivity index (χ1) is 9.70. The van der Waals surface area contributed by atoms with Crippen LogP contribution >= 0.6 is 11.3 Å². The summed E-state index contributed by atoms with van der Waals surface area (Å²) in [6.07, 6.45) is 3.63. The molecule has 1 aromatic heterocycles. The molecule has 2 aromatic rings. The van der Waals surface area contributed by atoms with E-state index in [-0.39, 0.29) is 5.91 Å². The predicted molar refractivity (Wildman–Crippen MR) is 80.0 cm³/mol. The maximum Gasteiger partial charge on any atom is 0.226 e. The molecule has 20 heavy (non-hydrogen) atoms. The highest BCUT2D eigenvalue weighted by atomic mass is 32.1. The lowest BCUT2D eigenvalue weighted by atomic mass is 10.1. The maximum absolute atomic E-state index is 11.9. The molecule has 1 fully saturated rings. The van der Waals surface area contributed by atoms with Crippen LogP contribution in [0.2, 0.25) is 0 Å². The largest absolute Gasteiger partial charge is 0.301 e. The summed E-state index contributed by atoms with van der Waals surface area (Å²) in [6.45, 7) is 2.06. The minimum Gasteiger partial charge on any atom is -0.301 e. The highest BCUT2D eigenvalue weighted by molar-refractivity contribution is 7.15. The van der Waals surface area contributed by atoms with Gasteiger partial charge in [0.05, 0.1) is 0 Å². The van der Waals surface area contributed by atoms with Crippen LogP contribution in [0.15, 0.2) is 24.3 Å². The molecule has 0 aliphatic heterocycles. The summed E-state index contributed by atoms with van der Waals surface area (Å²) >= 11 is 1.50. The minimum absolute atomic E-state index is 0.00463. The van der Waals surface area contributed by atoms with E-state index in [1.807, 2.05) is 6.07 Å². The monoisotopic (exact) mass is 287 g/mol. The van der Waals surface area contributed by atoms with Crippen molar-refractivity contribution in [2.24, 2.45) is 0 Å². The molecule has 0 saturated heterocycles. The number of hydrogen-bond acceptors (Lipinski definition) is 4. The van der Waals surface area contributed by atoms with Gasteiger partial charge in [0.1, 0.15) is 5.01 Å². The van der Waals surface area contributed by atoms with Crippen molar-refractivity contribution in [3.63, 3.8) is 0 Å². The van der Waals surface area contributed by atoms with E-state index in [0.29, 0.717) is 17.5 Å². The summed E-state index contributed by atoms with van der Waals surface area (Å²) in [5.41, 5.74) is 2.41. The van der Waals surface area contributed by atoms with E-state index in [9.17, 15) is 4.79 Å². The van der Waals surface area contributed by atoms with Crippen molar-refractivity contribution in [3.8, 4) is 0 Å². The van der Waals surface area contributed by atoms with Gasteiger partial charge in [0.25, 0.3) is 0 Å². The molecular formula is C15H17N3OS. The van der Waals surface area contributed by atoms with E-state index in [2.05, 4.69) is 40.6 Å². The van der Waals surface area contributed by atoms with Gasteiger partial charge in [-0.2, -0.15) is 0 Å². The molecule has 0 atom stereocenters. The maximum atomic E-state index is 11.9. The van der Waals surface area contributed by atoms with Crippen LogP contribution in [0, 0.1) is 6.92 Å². The third kappa shape index (κ3) is 3.42. The lowest BCUT2D eigenvalue weighted by Gasteiger charge is -2.02. The van der Waals surface area contributed by atoms with E-state index in [1.54, 1.807) is 0 Å². The zero-order valence-corrected chi connectivity index (χ0v) is 12.2. The topological polar surface area (TPSA) is 54.9 Å². The van der Waals surface area contributed by atoms with Crippen LogP contribution in [0.1, 0.15) is 41.3 Å². The van der Waals surface area contributed by atoms with E-state index in [0.717, 1.165) is 11.4 Å². The molecule has 1 aliphatic carbocycles. The van der Waals surface area contributed by atoms with Gasteiger partial charge in [-0.25, -0.2) is 0 Å². The number of nitrogens with one attached hydrogen (secondary N) is 1. The van der Waals surface area contributed by atoms with Crippen molar-refractivity contribution < 1.29 is 4.79 Å². The Bertz CT molecular complexity index is 619. The normalized spacial score (nSPS) is 14.2. The number of aryl methyl sites for hydroxylation is 2. The summed E-state index contributed by atoms with van der Waals surface area (Å²) in [5.74, 6) is 0.593. The van der Waals surface area contributed by atoms with Crippen molar-refractivity contribution in [1.29, 1.82) is 0 Å². The first-order valence-electron chi connectivity index (χ1n) is 6.89. The summed E-state index contributed by atoms with van der Waals surface area (Å²) < 4.78 is 0. The molecule has 4 nitrogen and oxygen atoms in total. The van der Waals surface area contributed by atoms with Crippen LogP contribution in [0.4, 0.5) is 5.13 Å². The van der Waals surface area contributed by atoms with E-state index >= 15 is 0 Å². The molecule has 0 bridgehead atoms. The van der Waals surface area contributed by atoms with Crippen molar-refractivity contribution in [3.05, 3.63) is 40.4 Å². The first kappa shape index (κ1) is 13.2. The molecule has 5 heteroatoms. The van der Waals surface area contributed by atoms with E-state index < -0.39 is 0 Å². The number of carbonyl (C=O) groups is 1. The molecule has 1 amide bonds. The van der Waals surface area contributed by atoms with Crippen molar-refractivity contribution in [2.75, 3.05) is 5.32 Å². The Labute approximate surface area is 122 Å². The van der Waals surface area contributed by atoms with Crippen LogP contribution in [0.5, 0.6) is 0 Å².